The van der Waals surface area contributed by atoms with E-state index in [0.717, 1.165) is 58.6 Å². The van der Waals surface area contributed by atoms with Gasteiger partial charge in [-0.05, 0) is 25.2 Å². The van der Waals surface area contributed by atoms with Crippen LogP contribution in [0.25, 0.3) is 0 Å². The molecule has 2 atom stereocenters. The van der Waals surface area contributed by atoms with Gasteiger partial charge in [0.15, 0.2) is 5.82 Å². The van der Waals surface area contributed by atoms with Crippen molar-refractivity contribution in [2.24, 2.45) is 5.92 Å². The zero-order valence-electron chi connectivity index (χ0n) is 13.8. The largest absolute Gasteiger partial charge is 0.381 e. The summed E-state index contributed by atoms with van der Waals surface area (Å²) in [7, 11) is 0. The lowest BCUT2D eigenvalue weighted by Crippen LogP contribution is -2.34. The van der Waals surface area contributed by atoms with Gasteiger partial charge < -0.3 is 19.1 Å². The van der Waals surface area contributed by atoms with Gasteiger partial charge in [0, 0.05) is 26.2 Å². The van der Waals surface area contributed by atoms with Crippen LogP contribution in [0, 0.1) is 11.7 Å². The fourth-order valence-electron chi connectivity index (χ4n) is 3.86. The molecule has 132 valence electrons. The first-order chi connectivity index (χ1) is 11.7. The van der Waals surface area contributed by atoms with E-state index in [1.807, 2.05) is 0 Å². The SMILES string of the molecule is Fc1cnc(N2CC[C@]3(C[C@@H](OCC4CCOCC4)CO3)C2)nc1. The Morgan fingerprint density at radius 2 is 2.08 bits per heavy atom. The molecule has 3 aliphatic heterocycles. The summed E-state index contributed by atoms with van der Waals surface area (Å²) in [6, 6.07) is 0. The van der Waals surface area contributed by atoms with Crippen LogP contribution in [0.5, 0.6) is 0 Å². The molecule has 3 aliphatic rings. The van der Waals surface area contributed by atoms with Crippen LogP contribution in [0.15, 0.2) is 12.4 Å². The van der Waals surface area contributed by atoms with Gasteiger partial charge in [-0.1, -0.05) is 0 Å². The smallest absolute Gasteiger partial charge is 0.225 e. The standard InChI is InChI=1S/C17H24FN3O3/c18-14-8-19-16(20-9-14)21-4-3-17(12-21)7-15(11-24-17)23-10-13-1-5-22-6-2-13/h8-9,13,15H,1-7,10-12H2/t15-,17+/m1/s1. The third-order valence-corrected chi connectivity index (χ3v) is 5.29. The maximum atomic E-state index is 13.0. The molecule has 0 unspecified atom stereocenters. The van der Waals surface area contributed by atoms with Crippen LogP contribution >= 0.6 is 0 Å². The maximum absolute atomic E-state index is 13.0. The van der Waals surface area contributed by atoms with Crippen molar-refractivity contribution >= 4 is 5.95 Å². The average Bonchev–Trinajstić information content (AvgIpc) is 3.22. The predicted octanol–water partition coefficient (Wildman–Crippen LogP) is 1.80. The molecule has 3 fully saturated rings. The Bertz CT molecular complexity index is 553. The fourth-order valence-corrected chi connectivity index (χ4v) is 3.86. The van der Waals surface area contributed by atoms with Crippen molar-refractivity contribution in [1.82, 2.24) is 9.97 Å². The van der Waals surface area contributed by atoms with Gasteiger partial charge >= 0.3 is 0 Å². The summed E-state index contributed by atoms with van der Waals surface area (Å²) in [5.41, 5.74) is -0.169. The number of anilines is 1. The summed E-state index contributed by atoms with van der Waals surface area (Å²) in [5, 5.41) is 0. The van der Waals surface area contributed by atoms with Gasteiger partial charge in [-0.15, -0.1) is 0 Å². The number of ether oxygens (including phenoxy) is 3. The van der Waals surface area contributed by atoms with Crippen molar-refractivity contribution in [1.29, 1.82) is 0 Å². The number of halogens is 1. The third-order valence-electron chi connectivity index (χ3n) is 5.29. The van der Waals surface area contributed by atoms with Gasteiger partial charge in [0.2, 0.25) is 5.95 Å². The summed E-state index contributed by atoms with van der Waals surface area (Å²) in [5.74, 6) is 0.776. The van der Waals surface area contributed by atoms with E-state index in [4.69, 9.17) is 14.2 Å². The van der Waals surface area contributed by atoms with Crippen LogP contribution in [0.3, 0.4) is 0 Å². The second kappa shape index (κ2) is 6.90. The molecule has 0 amide bonds. The van der Waals surface area contributed by atoms with Gasteiger partial charge in [0.25, 0.3) is 0 Å². The molecule has 7 heteroatoms. The molecule has 0 aliphatic carbocycles. The van der Waals surface area contributed by atoms with Crippen LogP contribution in [0.4, 0.5) is 10.3 Å². The molecule has 0 radical (unpaired) electrons. The van der Waals surface area contributed by atoms with Gasteiger partial charge in [-0.25, -0.2) is 14.4 Å². The maximum Gasteiger partial charge on any atom is 0.225 e. The predicted molar refractivity (Wildman–Crippen MR) is 85.4 cm³/mol. The zero-order valence-corrected chi connectivity index (χ0v) is 13.8. The minimum atomic E-state index is -0.411. The van der Waals surface area contributed by atoms with Gasteiger partial charge in [-0.3, -0.25) is 0 Å². The first-order valence-corrected chi connectivity index (χ1v) is 8.78. The molecule has 6 nitrogen and oxygen atoms in total. The highest BCUT2D eigenvalue weighted by atomic mass is 19.1. The number of nitrogens with zero attached hydrogens (tertiary/aromatic N) is 3. The van der Waals surface area contributed by atoms with Crippen LogP contribution in [0.2, 0.25) is 0 Å². The zero-order chi connectivity index (χ0) is 16.4. The average molecular weight is 337 g/mol. The summed E-state index contributed by atoms with van der Waals surface area (Å²) < 4.78 is 30.6. The van der Waals surface area contributed by atoms with E-state index in [2.05, 4.69) is 14.9 Å². The van der Waals surface area contributed by atoms with Crippen molar-refractivity contribution in [3.63, 3.8) is 0 Å². The van der Waals surface area contributed by atoms with Gasteiger partial charge in [0.1, 0.15) is 0 Å². The molecular formula is C17H24FN3O3. The molecular weight excluding hydrogens is 313 g/mol. The first kappa shape index (κ1) is 16.2. The van der Waals surface area contributed by atoms with Crippen molar-refractivity contribution in [3.8, 4) is 0 Å². The van der Waals surface area contributed by atoms with E-state index in [-0.39, 0.29) is 11.7 Å². The Labute approximate surface area is 141 Å². The van der Waals surface area contributed by atoms with E-state index < -0.39 is 5.82 Å². The van der Waals surface area contributed by atoms with Gasteiger partial charge in [-0.2, -0.15) is 0 Å². The molecule has 0 bridgehead atoms. The minimum Gasteiger partial charge on any atom is -0.381 e. The summed E-state index contributed by atoms with van der Waals surface area (Å²) in [4.78, 5) is 10.2. The second-order valence-corrected chi connectivity index (χ2v) is 7.08. The molecule has 4 heterocycles. The number of hydrogen-bond acceptors (Lipinski definition) is 6. The Balaban J connectivity index is 1.28. The van der Waals surface area contributed by atoms with Crippen LogP contribution in [0.1, 0.15) is 25.7 Å². The summed E-state index contributed by atoms with van der Waals surface area (Å²) >= 11 is 0. The highest BCUT2D eigenvalue weighted by Crippen LogP contribution is 2.37. The third kappa shape index (κ3) is 3.53. The minimum absolute atomic E-state index is 0.168. The van der Waals surface area contributed by atoms with E-state index in [1.165, 1.54) is 12.4 Å². The molecule has 1 aromatic heterocycles. The van der Waals surface area contributed by atoms with E-state index in [1.54, 1.807) is 0 Å². The molecule has 3 saturated heterocycles. The first-order valence-electron chi connectivity index (χ1n) is 8.78. The summed E-state index contributed by atoms with van der Waals surface area (Å²) in [6.45, 7) is 4.74. The van der Waals surface area contributed by atoms with Crippen LogP contribution < -0.4 is 4.90 Å². The van der Waals surface area contributed by atoms with E-state index in [0.29, 0.717) is 18.5 Å². The van der Waals surface area contributed by atoms with Crippen molar-refractivity contribution in [3.05, 3.63) is 18.2 Å². The Morgan fingerprint density at radius 3 is 2.88 bits per heavy atom. The molecule has 24 heavy (non-hydrogen) atoms. The monoisotopic (exact) mass is 337 g/mol. The lowest BCUT2D eigenvalue weighted by atomic mass is 9.98. The molecule has 0 aromatic carbocycles. The second-order valence-electron chi connectivity index (χ2n) is 7.08. The number of rotatable bonds is 4. The lowest BCUT2D eigenvalue weighted by molar-refractivity contribution is -0.0175. The summed E-state index contributed by atoms with van der Waals surface area (Å²) in [6.07, 6.45) is 6.62. The van der Waals surface area contributed by atoms with Crippen molar-refractivity contribution in [2.45, 2.75) is 37.4 Å². The van der Waals surface area contributed by atoms with Crippen LogP contribution in [-0.4, -0.2) is 61.2 Å². The van der Waals surface area contributed by atoms with Gasteiger partial charge in [0.05, 0.1) is 43.9 Å². The number of aromatic nitrogens is 2. The molecule has 0 N–H and O–H groups in total. The van der Waals surface area contributed by atoms with Crippen molar-refractivity contribution in [2.75, 3.05) is 44.4 Å². The van der Waals surface area contributed by atoms with E-state index >= 15 is 0 Å². The normalized spacial score (nSPS) is 31.2. The number of hydrogen-bond donors (Lipinski definition) is 0. The Hall–Kier alpha value is -1.31. The molecule has 1 aromatic rings. The molecule has 0 saturated carbocycles. The Kier molecular flexibility index (Phi) is 4.65. The highest BCUT2D eigenvalue weighted by molar-refractivity contribution is 5.33. The molecule has 1 spiro atoms. The van der Waals surface area contributed by atoms with Crippen LogP contribution in [-0.2, 0) is 14.2 Å². The quantitative estimate of drug-likeness (QED) is 0.835. The highest BCUT2D eigenvalue weighted by Gasteiger charge is 2.46. The Morgan fingerprint density at radius 1 is 1.29 bits per heavy atom. The fraction of sp³-hybridized carbons (Fsp3) is 0.765. The van der Waals surface area contributed by atoms with Crippen molar-refractivity contribution < 1.29 is 18.6 Å². The van der Waals surface area contributed by atoms with E-state index in [9.17, 15) is 4.39 Å². The lowest BCUT2D eigenvalue weighted by Gasteiger charge is -2.24. The molecule has 4 rings (SSSR count). The topological polar surface area (TPSA) is 56.7 Å².